The molecule has 0 spiro atoms. The fraction of sp³-hybridized carbons (Fsp3) is 0.438. The molecule has 0 aromatic heterocycles. The van der Waals surface area contributed by atoms with Crippen molar-refractivity contribution in [2.45, 2.75) is 31.0 Å². The first-order valence-corrected chi connectivity index (χ1v) is 7.40. The van der Waals surface area contributed by atoms with Gasteiger partial charge >= 0.3 is 6.18 Å². The van der Waals surface area contributed by atoms with Gasteiger partial charge in [-0.05, 0) is 23.3 Å². The number of ether oxygens (including phenoxy) is 1. The van der Waals surface area contributed by atoms with E-state index in [1.807, 2.05) is 0 Å². The SMILES string of the molecule is COc1ccc(C(C)C(O)(C2=CCC=NC2)C(F)(F)F)c(Cl)c1. The number of halogens is 4. The van der Waals surface area contributed by atoms with E-state index in [1.165, 1.54) is 44.5 Å². The number of rotatable bonds is 4. The summed E-state index contributed by atoms with van der Waals surface area (Å²) in [6, 6.07) is 4.38. The molecule has 2 atom stereocenters. The average Bonchev–Trinajstić information content (AvgIpc) is 2.53. The fourth-order valence-electron chi connectivity index (χ4n) is 2.69. The molecule has 1 aromatic rings. The molecule has 0 radical (unpaired) electrons. The highest BCUT2D eigenvalue weighted by atomic mass is 35.5. The van der Waals surface area contributed by atoms with Crippen molar-refractivity contribution in [2.24, 2.45) is 4.99 Å². The van der Waals surface area contributed by atoms with E-state index in [0.29, 0.717) is 5.75 Å². The third kappa shape index (κ3) is 3.23. The van der Waals surface area contributed by atoms with Crippen molar-refractivity contribution in [1.82, 2.24) is 0 Å². The Morgan fingerprint density at radius 3 is 2.52 bits per heavy atom. The van der Waals surface area contributed by atoms with E-state index < -0.39 is 17.7 Å². The van der Waals surface area contributed by atoms with Crippen LogP contribution in [0.25, 0.3) is 0 Å². The van der Waals surface area contributed by atoms with E-state index in [0.717, 1.165) is 0 Å². The third-order valence-electron chi connectivity index (χ3n) is 4.08. The van der Waals surface area contributed by atoms with Crippen LogP contribution in [0.3, 0.4) is 0 Å². The maximum atomic E-state index is 13.7. The van der Waals surface area contributed by atoms with E-state index in [2.05, 4.69) is 4.99 Å². The molecule has 1 aliphatic heterocycles. The van der Waals surface area contributed by atoms with Crippen molar-refractivity contribution in [3.05, 3.63) is 40.4 Å². The molecule has 1 aliphatic rings. The minimum Gasteiger partial charge on any atom is -0.497 e. The van der Waals surface area contributed by atoms with Crippen molar-refractivity contribution in [3.63, 3.8) is 0 Å². The maximum Gasteiger partial charge on any atom is 0.421 e. The second-order valence-electron chi connectivity index (χ2n) is 5.36. The number of aliphatic hydroxyl groups is 1. The Hall–Kier alpha value is -1.53. The van der Waals surface area contributed by atoms with Crippen molar-refractivity contribution in [1.29, 1.82) is 0 Å². The molecule has 7 heteroatoms. The van der Waals surface area contributed by atoms with Crippen molar-refractivity contribution in [3.8, 4) is 5.75 Å². The van der Waals surface area contributed by atoms with Gasteiger partial charge in [0.2, 0.25) is 0 Å². The Morgan fingerprint density at radius 1 is 1.35 bits per heavy atom. The number of hydrogen-bond acceptors (Lipinski definition) is 3. The lowest BCUT2D eigenvalue weighted by Gasteiger charge is -2.38. The number of aliphatic imine (C=N–C) groups is 1. The molecule has 126 valence electrons. The number of hydrogen-bond donors (Lipinski definition) is 1. The number of methoxy groups -OCH3 is 1. The Labute approximate surface area is 137 Å². The third-order valence-corrected chi connectivity index (χ3v) is 4.41. The molecule has 0 aliphatic carbocycles. The summed E-state index contributed by atoms with van der Waals surface area (Å²) >= 11 is 6.09. The van der Waals surface area contributed by atoms with Crippen molar-refractivity contribution < 1.29 is 23.0 Å². The zero-order chi connectivity index (χ0) is 17.3. The first kappa shape index (κ1) is 17.8. The van der Waals surface area contributed by atoms with Gasteiger partial charge in [0.1, 0.15) is 5.75 Å². The van der Waals surface area contributed by atoms with Crippen LogP contribution in [0.4, 0.5) is 13.2 Å². The van der Waals surface area contributed by atoms with Gasteiger partial charge in [-0.2, -0.15) is 13.2 Å². The van der Waals surface area contributed by atoms with Gasteiger partial charge in [0.25, 0.3) is 0 Å². The second kappa shape index (κ2) is 6.53. The van der Waals surface area contributed by atoms with Gasteiger partial charge in [-0.1, -0.05) is 30.7 Å². The van der Waals surface area contributed by atoms with Crippen LogP contribution in [0.1, 0.15) is 24.8 Å². The monoisotopic (exact) mass is 347 g/mol. The Kier molecular flexibility index (Phi) is 5.06. The van der Waals surface area contributed by atoms with Gasteiger partial charge in [0.05, 0.1) is 13.7 Å². The summed E-state index contributed by atoms with van der Waals surface area (Å²) in [5.41, 5.74) is -2.99. The van der Waals surface area contributed by atoms with Crippen LogP contribution in [-0.2, 0) is 0 Å². The molecule has 0 amide bonds. The predicted octanol–water partition coefficient (Wildman–Crippen LogP) is 4.15. The Balaban J connectivity index is 2.50. The molecular weight excluding hydrogens is 331 g/mol. The predicted molar refractivity (Wildman–Crippen MR) is 83.5 cm³/mol. The van der Waals surface area contributed by atoms with Crippen LogP contribution in [0.5, 0.6) is 5.75 Å². The number of nitrogens with zero attached hydrogens (tertiary/aromatic N) is 1. The van der Waals surface area contributed by atoms with Gasteiger partial charge in [-0.3, -0.25) is 4.99 Å². The molecule has 0 fully saturated rings. The first-order valence-electron chi connectivity index (χ1n) is 7.02. The number of allylic oxidation sites excluding steroid dienone is 1. The lowest BCUT2D eigenvalue weighted by Crippen LogP contribution is -2.52. The standard InChI is InChI=1S/C16H17ClF3NO2/c1-10(13-6-5-12(23-2)8-14(13)17)15(22,16(18,19)20)11-4-3-7-21-9-11/h4-8,10,22H,3,9H2,1-2H3. The normalized spacial score (nSPS) is 19.0. The molecule has 1 N–H and O–H groups in total. The molecule has 2 rings (SSSR count). The molecule has 23 heavy (non-hydrogen) atoms. The molecule has 3 nitrogen and oxygen atoms in total. The number of alkyl halides is 3. The largest absolute Gasteiger partial charge is 0.497 e. The summed E-state index contributed by atoms with van der Waals surface area (Å²) in [5, 5.41) is 10.7. The summed E-state index contributed by atoms with van der Waals surface area (Å²) in [7, 11) is 1.44. The topological polar surface area (TPSA) is 41.8 Å². The molecule has 2 unspecified atom stereocenters. The summed E-state index contributed by atoms with van der Waals surface area (Å²) in [6.45, 7) is 1.12. The Morgan fingerprint density at radius 2 is 2.04 bits per heavy atom. The molecular formula is C16H17ClF3NO2. The van der Waals surface area contributed by atoms with Gasteiger partial charge < -0.3 is 9.84 Å². The van der Waals surface area contributed by atoms with E-state index >= 15 is 0 Å². The molecule has 1 heterocycles. The van der Waals surface area contributed by atoms with Crippen LogP contribution >= 0.6 is 11.6 Å². The van der Waals surface area contributed by atoms with Crippen molar-refractivity contribution >= 4 is 17.8 Å². The summed E-state index contributed by atoms with van der Waals surface area (Å²) in [4.78, 5) is 3.86. The zero-order valence-corrected chi connectivity index (χ0v) is 13.4. The zero-order valence-electron chi connectivity index (χ0n) is 12.7. The Bertz CT molecular complexity index is 643. The highest BCUT2D eigenvalue weighted by molar-refractivity contribution is 6.31. The van der Waals surface area contributed by atoms with E-state index in [9.17, 15) is 18.3 Å². The highest BCUT2D eigenvalue weighted by Gasteiger charge is 2.59. The smallest absolute Gasteiger partial charge is 0.421 e. The second-order valence-corrected chi connectivity index (χ2v) is 5.77. The minimum atomic E-state index is -4.85. The summed E-state index contributed by atoms with van der Waals surface area (Å²) < 4.78 is 46.1. The molecule has 0 saturated carbocycles. The van der Waals surface area contributed by atoms with E-state index in [1.54, 1.807) is 0 Å². The fourth-order valence-corrected chi connectivity index (χ4v) is 3.02. The van der Waals surface area contributed by atoms with Crippen LogP contribution in [-0.4, -0.2) is 36.8 Å². The maximum absolute atomic E-state index is 13.7. The lowest BCUT2D eigenvalue weighted by molar-refractivity contribution is -0.251. The molecule has 0 bridgehead atoms. The molecule has 1 aromatic carbocycles. The molecule has 0 saturated heterocycles. The number of dihydropyridines is 1. The minimum absolute atomic E-state index is 0.111. The van der Waals surface area contributed by atoms with Crippen LogP contribution in [0.2, 0.25) is 5.02 Å². The van der Waals surface area contributed by atoms with E-state index in [4.69, 9.17) is 16.3 Å². The van der Waals surface area contributed by atoms with Crippen LogP contribution < -0.4 is 4.74 Å². The lowest BCUT2D eigenvalue weighted by atomic mass is 9.76. The average molecular weight is 348 g/mol. The van der Waals surface area contributed by atoms with E-state index in [-0.39, 0.29) is 29.1 Å². The van der Waals surface area contributed by atoms with Crippen LogP contribution in [0, 0.1) is 0 Å². The van der Waals surface area contributed by atoms with Gasteiger partial charge in [-0.15, -0.1) is 0 Å². The number of benzene rings is 1. The van der Waals surface area contributed by atoms with Gasteiger partial charge in [0, 0.05) is 23.6 Å². The van der Waals surface area contributed by atoms with Gasteiger partial charge in [0.15, 0.2) is 5.60 Å². The quantitative estimate of drug-likeness (QED) is 0.831. The van der Waals surface area contributed by atoms with Gasteiger partial charge in [-0.25, -0.2) is 0 Å². The first-order chi connectivity index (χ1) is 10.7. The summed E-state index contributed by atoms with van der Waals surface area (Å²) in [6.07, 6.45) is -1.70. The summed E-state index contributed by atoms with van der Waals surface area (Å²) in [5.74, 6) is -0.858. The van der Waals surface area contributed by atoms with Crippen molar-refractivity contribution in [2.75, 3.05) is 13.7 Å². The van der Waals surface area contributed by atoms with Crippen LogP contribution in [0.15, 0.2) is 34.8 Å². The highest BCUT2D eigenvalue weighted by Crippen LogP contribution is 2.48.